The van der Waals surface area contributed by atoms with Crippen molar-refractivity contribution in [3.05, 3.63) is 47.9 Å². The minimum atomic E-state index is 0.314. The SMILES string of the molecule is COc1ccccc1CN(C)c1cnc(C#N)cn1. The normalized spacial score (nSPS) is 9.74. The molecule has 0 N–H and O–H groups in total. The van der Waals surface area contributed by atoms with Gasteiger partial charge >= 0.3 is 0 Å². The van der Waals surface area contributed by atoms with E-state index in [1.165, 1.54) is 6.20 Å². The smallest absolute Gasteiger partial charge is 0.158 e. The van der Waals surface area contributed by atoms with Gasteiger partial charge in [0.15, 0.2) is 5.69 Å². The third-order valence-electron chi connectivity index (χ3n) is 2.74. The average Bonchev–Trinajstić information content (AvgIpc) is 2.48. The lowest BCUT2D eigenvalue weighted by atomic mass is 10.2. The van der Waals surface area contributed by atoms with E-state index in [0.29, 0.717) is 18.1 Å². The van der Waals surface area contributed by atoms with Gasteiger partial charge in [-0.3, -0.25) is 0 Å². The summed E-state index contributed by atoms with van der Waals surface area (Å²) in [5.41, 5.74) is 1.38. The van der Waals surface area contributed by atoms with Gasteiger partial charge in [-0.15, -0.1) is 0 Å². The zero-order valence-corrected chi connectivity index (χ0v) is 10.9. The lowest BCUT2D eigenvalue weighted by Gasteiger charge is -2.19. The zero-order chi connectivity index (χ0) is 13.7. The lowest BCUT2D eigenvalue weighted by Crippen LogP contribution is -2.18. The Morgan fingerprint density at radius 1 is 1.26 bits per heavy atom. The van der Waals surface area contributed by atoms with Gasteiger partial charge in [-0.1, -0.05) is 18.2 Å². The molecule has 5 heteroatoms. The molecule has 2 rings (SSSR count). The molecule has 5 nitrogen and oxygen atoms in total. The minimum absolute atomic E-state index is 0.314. The van der Waals surface area contributed by atoms with Gasteiger partial charge in [-0.2, -0.15) is 5.26 Å². The number of benzene rings is 1. The molecule has 0 atom stereocenters. The van der Waals surface area contributed by atoms with Gasteiger partial charge in [0.25, 0.3) is 0 Å². The Labute approximate surface area is 112 Å². The van der Waals surface area contributed by atoms with Crippen molar-refractivity contribution in [3.63, 3.8) is 0 Å². The number of hydrogen-bond donors (Lipinski definition) is 0. The highest BCUT2D eigenvalue weighted by molar-refractivity contribution is 5.41. The topological polar surface area (TPSA) is 62.0 Å². The molecule has 0 saturated carbocycles. The fraction of sp³-hybridized carbons (Fsp3) is 0.214. The van der Waals surface area contributed by atoms with Crippen molar-refractivity contribution in [1.29, 1.82) is 5.26 Å². The van der Waals surface area contributed by atoms with Crippen molar-refractivity contribution in [1.82, 2.24) is 9.97 Å². The van der Waals surface area contributed by atoms with Crippen LogP contribution in [-0.4, -0.2) is 24.1 Å². The van der Waals surface area contributed by atoms with Crippen LogP contribution in [0.1, 0.15) is 11.3 Å². The van der Waals surface area contributed by atoms with E-state index in [4.69, 9.17) is 10.00 Å². The second kappa shape index (κ2) is 5.83. The summed E-state index contributed by atoms with van der Waals surface area (Å²) in [5.74, 6) is 1.56. The minimum Gasteiger partial charge on any atom is -0.496 e. The van der Waals surface area contributed by atoms with Gasteiger partial charge in [-0.25, -0.2) is 9.97 Å². The van der Waals surface area contributed by atoms with Crippen LogP contribution in [0, 0.1) is 11.3 Å². The first-order valence-electron chi connectivity index (χ1n) is 5.79. The maximum atomic E-state index is 8.69. The van der Waals surface area contributed by atoms with Gasteiger partial charge in [0.2, 0.25) is 0 Å². The Morgan fingerprint density at radius 3 is 2.68 bits per heavy atom. The number of aromatic nitrogens is 2. The molecule has 1 aromatic carbocycles. The zero-order valence-electron chi connectivity index (χ0n) is 10.9. The van der Waals surface area contributed by atoms with Crippen LogP contribution in [-0.2, 0) is 6.54 Å². The number of methoxy groups -OCH3 is 1. The maximum Gasteiger partial charge on any atom is 0.158 e. The number of nitriles is 1. The van der Waals surface area contributed by atoms with E-state index in [2.05, 4.69) is 9.97 Å². The number of ether oxygens (including phenoxy) is 1. The molecule has 19 heavy (non-hydrogen) atoms. The molecular weight excluding hydrogens is 240 g/mol. The van der Waals surface area contributed by atoms with Crippen molar-refractivity contribution in [2.24, 2.45) is 0 Å². The van der Waals surface area contributed by atoms with Gasteiger partial charge in [-0.05, 0) is 6.07 Å². The van der Waals surface area contributed by atoms with Crippen LogP contribution in [0.15, 0.2) is 36.7 Å². The summed E-state index contributed by atoms with van der Waals surface area (Å²) in [6.45, 7) is 0.657. The number of nitrogens with zero attached hydrogens (tertiary/aromatic N) is 4. The van der Waals surface area contributed by atoms with E-state index in [1.54, 1.807) is 13.3 Å². The van der Waals surface area contributed by atoms with Crippen LogP contribution >= 0.6 is 0 Å². The molecule has 0 aliphatic carbocycles. The van der Waals surface area contributed by atoms with Crippen molar-refractivity contribution in [3.8, 4) is 11.8 Å². The summed E-state index contributed by atoms with van der Waals surface area (Å²) >= 11 is 0. The summed E-state index contributed by atoms with van der Waals surface area (Å²) in [6.07, 6.45) is 3.06. The molecule has 0 radical (unpaired) electrons. The first kappa shape index (κ1) is 12.8. The monoisotopic (exact) mass is 254 g/mol. The predicted molar refractivity (Wildman–Crippen MR) is 71.8 cm³/mol. The summed E-state index contributed by atoms with van der Waals surface area (Å²) in [7, 11) is 3.57. The highest BCUT2D eigenvalue weighted by Gasteiger charge is 2.08. The third-order valence-corrected chi connectivity index (χ3v) is 2.74. The van der Waals surface area contributed by atoms with Crippen molar-refractivity contribution >= 4 is 5.82 Å². The quantitative estimate of drug-likeness (QED) is 0.835. The summed E-state index contributed by atoms with van der Waals surface area (Å²) in [5, 5.41) is 8.69. The molecule has 2 aromatic rings. The van der Waals surface area contributed by atoms with Crippen LogP contribution in [0.25, 0.3) is 0 Å². The van der Waals surface area contributed by atoms with Gasteiger partial charge in [0, 0.05) is 19.2 Å². The van der Waals surface area contributed by atoms with Crippen LogP contribution in [0.2, 0.25) is 0 Å². The molecule has 0 saturated heterocycles. The first-order chi connectivity index (χ1) is 9.24. The molecule has 0 fully saturated rings. The average molecular weight is 254 g/mol. The maximum absolute atomic E-state index is 8.69. The number of rotatable bonds is 4. The Kier molecular flexibility index (Phi) is 3.94. The van der Waals surface area contributed by atoms with Crippen molar-refractivity contribution in [2.75, 3.05) is 19.1 Å². The third kappa shape index (κ3) is 2.99. The van der Waals surface area contributed by atoms with E-state index in [-0.39, 0.29) is 0 Å². The molecule has 1 heterocycles. The fourth-order valence-electron chi connectivity index (χ4n) is 1.75. The van der Waals surface area contributed by atoms with Gasteiger partial charge in [0.05, 0.1) is 19.5 Å². The molecule has 1 aromatic heterocycles. The molecule has 0 spiro atoms. The molecular formula is C14H14N4O. The molecule has 96 valence electrons. The Bertz CT molecular complexity index is 589. The van der Waals surface area contributed by atoms with E-state index in [1.807, 2.05) is 42.3 Å². The van der Waals surface area contributed by atoms with Crippen LogP contribution in [0.3, 0.4) is 0 Å². The molecule has 0 aliphatic heterocycles. The number of anilines is 1. The lowest BCUT2D eigenvalue weighted by molar-refractivity contribution is 0.409. The summed E-state index contributed by atoms with van der Waals surface area (Å²) < 4.78 is 5.31. The van der Waals surface area contributed by atoms with E-state index in [9.17, 15) is 0 Å². The van der Waals surface area contributed by atoms with Crippen LogP contribution in [0.5, 0.6) is 5.75 Å². The molecule has 0 bridgehead atoms. The first-order valence-corrected chi connectivity index (χ1v) is 5.79. The van der Waals surface area contributed by atoms with Crippen molar-refractivity contribution < 1.29 is 4.74 Å². The highest BCUT2D eigenvalue weighted by Crippen LogP contribution is 2.20. The standard InChI is InChI=1S/C14H14N4O/c1-18(14-9-16-12(7-15)8-17-14)10-11-5-3-4-6-13(11)19-2/h3-6,8-9H,10H2,1-2H3. The largest absolute Gasteiger partial charge is 0.496 e. The fourth-order valence-corrected chi connectivity index (χ4v) is 1.75. The molecule has 0 unspecified atom stereocenters. The summed E-state index contributed by atoms with van der Waals surface area (Å²) in [4.78, 5) is 10.2. The van der Waals surface area contributed by atoms with Gasteiger partial charge < -0.3 is 9.64 Å². The van der Waals surface area contributed by atoms with Gasteiger partial charge in [0.1, 0.15) is 17.6 Å². The molecule has 0 amide bonds. The number of para-hydroxylation sites is 1. The Balaban J connectivity index is 2.16. The predicted octanol–water partition coefficient (Wildman–Crippen LogP) is 1.99. The second-order valence-corrected chi connectivity index (χ2v) is 4.04. The second-order valence-electron chi connectivity index (χ2n) is 4.04. The highest BCUT2D eigenvalue weighted by atomic mass is 16.5. The van der Waals surface area contributed by atoms with E-state index in [0.717, 1.165) is 11.3 Å². The number of hydrogen-bond acceptors (Lipinski definition) is 5. The van der Waals surface area contributed by atoms with Crippen molar-refractivity contribution in [2.45, 2.75) is 6.54 Å². The summed E-state index contributed by atoms with van der Waals surface area (Å²) in [6, 6.07) is 9.78. The Hall–Kier alpha value is -2.61. The van der Waals surface area contributed by atoms with E-state index >= 15 is 0 Å². The molecule has 0 aliphatic rings. The van der Waals surface area contributed by atoms with E-state index < -0.39 is 0 Å². The van der Waals surface area contributed by atoms with Crippen LogP contribution in [0.4, 0.5) is 5.82 Å². The van der Waals surface area contributed by atoms with Crippen LogP contribution < -0.4 is 9.64 Å². The Morgan fingerprint density at radius 2 is 2.05 bits per heavy atom.